The molecule has 1 unspecified atom stereocenters. The van der Waals surface area contributed by atoms with Crippen molar-refractivity contribution in [2.24, 2.45) is 0 Å². The quantitative estimate of drug-likeness (QED) is 0.782. The Morgan fingerprint density at radius 2 is 2.00 bits per heavy atom. The number of sulfone groups is 1. The Morgan fingerprint density at radius 1 is 1.39 bits per heavy atom. The molecular formula is C12H15ClO4S. The predicted octanol–water partition coefficient (Wildman–Crippen LogP) is 2.46. The van der Waals surface area contributed by atoms with Crippen molar-refractivity contribution < 1.29 is 17.9 Å². The van der Waals surface area contributed by atoms with E-state index in [1.807, 2.05) is 0 Å². The molecule has 0 N–H and O–H groups in total. The van der Waals surface area contributed by atoms with Crippen LogP contribution in [0.5, 0.6) is 0 Å². The molecule has 1 atom stereocenters. The van der Waals surface area contributed by atoms with Gasteiger partial charge in [-0.05, 0) is 26.0 Å². The topological polar surface area (TPSA) is 60.4 Å². The van der Waals surface area contributed by atoms with E-state index in [-0.39, 0.29) is 22.9 Å². The number of ether oxygens (including phenoxy) is 1. The van der Waals surface area contributed by atoms with E-state index in [4.69, 9.17) is 16.3 Å². The summed E-state index contributed by atoms with van der Waals surface area (Å²) >= 11 is 5.86. The Labute approximate surface area is 112 Å². The first kappa shape index (κ1) is 15.0. The summed E-state index contributed by atoms with van der Waals surface area (Å²) in [7, 11) is -3.62. The van der Waals surface area contributed by atoms with Gasteiger partial charge in [0.2, 0.25) is 0 Å². The normalized spacial score (nSPS) is 13.1. The molecule has 100 valence electrons. The Balaban J connectivity index is 2.94. The van der Waals surface area contributed by atoms with E-state index in [9.17, 15) is 13.2 Å². The molecule has 1 aromatic rings. The molecule has 1 rings (SSSR count). The van der Waals surface area contributed by atoms with Gasteiger partial charge in [-0.25, -0.2) is 8.42 Å². The number of hydrogen-bond donors (Lipinski definition) is 0. The van der Waals surface area contributed by atoms with Crippen molar-refractivity contribution in [2.45, 2.75) is 30.4 Å². The molecule has 0 aromatic heterocycles. The van der Waals surface area contributed by atoms with Gasteiger partial charge in [-0.2, -0.15) is 0 Å². The van der Waals surface area contributed by atoms with Gasteiger partial charge >= 0.3 is 5.97 Å². The summed E-state index contributed by atoms with van der Waals surface area (Å²) in [5, 5.41) is -0.704. The van der Waals surface area contributed by atoms with Gasteiger partial charge in [0.25, 0.3) is 0 Å². The van der Waals surface area contributed by atoms with Crippen LogP contribution in [0.15, 0.2) is 29.2 Å². The summed E-state index contributed by atoms with van der Waals surface area (Å²) in [5.74, 6) is -0.527. The van der Waals surface area contributed by atoms with Gasteiger partial charge in [0, 0.05) is 0 Å². The molecule has 0 fully saturated rings. The number of rotatable bonds is 5. The first-order valence-electron chi connectivity index (χ1n) is 5.53. The van der Waals surface area contributed by atoms with Crippen LogP contribution in [0.2, 0.25) is 5.02 Å². The maximum Gasteiger partial charge on any atom is 0.307 e. The molecule has 0 aliphatic rings. The average Bonchev–Trinajstić information content (AvgIpc) is 2.29. The van der Waals surface area contributed by atoms with E-state index in [2.05, 4.69) is 0 Å². The van der Waals surface area contributed by atoms with Crippen molar-refractivity contribution in [1.82, 2.24) is 0 Å². The van der Waals surface area contributed by atoms with Crippen LogP contribution >= 0.6 is 11.6 Å². The molecule has 0 saturated carbocycles. The third-order valence-corrected chi connectivity index (χ3v) is 5.07. The van der Waals surface area contributed by atoms with Gasteiger partial charge in [0.1, 0.15) is 0 Å². The lowest BCUT2D eigenvalue weighted by Gasteiger charge is -2.13. The number of benzene rings is 1. The smallest absolute Gasteiger partial charge is 0.307 e. The highest BCUT2D eigenvalue weighted by atomic mass is 35.5. The van der Waals surface area contributed by atoms with Gasteiger partial charge in [-0.3, -0.25) is 4.79 Å². The lowest BCUT2D eigenvalue weighted by molar-refractivity contribution is -0.143. The molecule has 18 heavy (non-hydrogen) atoms. The molecule has 1 aromatic carbocycles. The van der Waals surface area contributed by atoms with E-state index in [0.717, 1.165) is 0 Å². The zero-order valence-electron chi connectivity index (χ0n) is 10.2. The molecule has 0 amide bonds. The summed E-state index contributed by atoms with van der Waals surface area (Å²) in [4.78, 5) is 11.3. The number of hydrogen-bond acceptors (Lipinski definition) is 4. The Hall–Kier alpha value is -1.07. The van der Waals surface area contributed by atoms with Crippen LogP contribution in [0.25, 0.3) is 0 Å². The summed E-state index contributed by atoms with van der Waals surface area (Å²) in [6, 6.07) is 6.18. The minimum absolute atomic E-state index is 0.0449. The average molecular weight is 291 g/mol. The Bertz CT molecular complexity index is 525. The highest BCUT2D eigenvalue weighted by Crippen LogP contribution is 2.25. The van der Waals surface area contributed by atoms with Crippen molar-refractivity contribution in [3.05, 3.63) is 29.3 Å². The summed E-state index contributed by atoms with van der Waals surface area (Å²) < 4.78 is 29.1. The van der Waals surface area contributed by atoms with E-state index in [0.29, 0.717) is 0 Å². The fourth-order valence-corrected chi connectivity index (χ4v) is 3.31. The summed E-state index contributed by atoms with van der Waals surface area (Å²) in [6.45, 7) is 3.37. The number of halogens is 1. The second-order valence-corrected chi connectivity index (χ2v) is 6.54. The van der Waals surface area contributed by atoms with Gasteiger partial charge in [0.15, 0.2) is 9.84 Å². The first-order chi connectivity index (χ1) is 8.39. The van der Waals surface area contributed by atoms with Crippen LogP contribution in [0, 0.1) is 0 Å². The zero-order valence-corrected chi connectivity index (χ0v) is 11.8. The Morgan fingerprint density at radius 3 is 2.56 bits per heavy atom. The maximum absolute atomic E-state index is 12.2. The molecule has 0 radical (unpaired) electrons. The minimum Gasteiger partial charge on any atom is -0.466 e. The van der Waals surface area contributed by atoms with Gasteiger partial charge < -0.3 is 4.74 Å². The van der Waals surface area contributed by atoms with Gasteiger partial charge in [-0.1, -0.05) is 23.7 Å². The number of esters is 1. The second-order valence-electron chi connectivity index (χ2n) is 3.80. The molecule has 0 heterocycles. The van der Waals surface area contributed by atoms with E-state index in [1.165, 1.54) is 19.1 Å². The van der Waals surface area contributed by atoms with Gasteiger partial charge in [0.05, 0.1) is 28.2 Å². The summed E-state index contributed by atoms with van der Waals surface area (Å²) in [6.07, 6.45) is -0.179. The molecule has 0 bridgehead atoms. The zero-order chi connectivity index (χ0) is 13.8. The lowest BCUT2D eigenvalue weighted by Crippen LogP contribution is -2.23. The second kappa shape index (κ2) is 6.20. The van der Waals surface area contributed by atoms with E-state index >= 15 is 0 Å². The van der Waals surface area contributed by atoms with Crippen LogP contribution in [0.4, 0.5) is 0 Å². The fraction of sp³-hybridized carbons (Fsp3) is 0.417. The molecule has 6 heteroatoms. The van der Waals surface area contributed by atoms with Crippen molar-refractivity contribution >= 4 is 27.4 Å². The SMILES string of the molecule is CCOC(=O)CC(C)S(=O)(=O)c1ccccc1Cl. The highest BCUT2D eigenvalue weighted by molar-refractivity contribution is 7.92. The highest BCUT2D eigenvalue weighted by Gasteiger charge is 2.27. The van der Waals surface area contributed by atoms with Crippen LogP contribution in [-0.4, -0.2) is 26.2 Å². The number of carbonyl (C=O) groups is 1. The van der Waals surface area contributed by atoms with Crippen LogP contribution in [0.1, 0.15) is 20.3 Å². The van der Waals surface area contributed by atoms with Crippen molar-refractivity contribution in [2.75, 3.05) is 6.61 Å². The standard InChI is InChI=1S/C12H15ClO4S/c1-3-17-12(14)8-9(2)18(15,16)11-7-5-4-6-10(11)13/h4-7,9H,3,8H2,1-2H3. The third-order valence-electron chi connectivity index (χ3n) is 2.43. The molecule has 4 nitrogen and oxygen atoms in total. The van der Waals surface area contributed by atoms with Crippen molar-refractivity contribution in [3.8, 4) is 0 Å². The molecule has 0 aliphatic carbocycles. The first-order valence-corrected chi connectivity index (χ1v) is 7.46. The lowest BCUT2D eigenvalue weighted by atomic mass is 10.3. The molecule has 0 aliphatic heterocycles. The van der Waals surface area contributed by atoms with Crippen molar-refractivity contribution in [1.29, 1.82) is 0 Å². The maximum atomic E-state index is 12.2. The number of carbonyl (C=O) groups excluding carboxylic acids is 1. The predicted molar refractivity (Wildman–Crippen MR) is 69.3 cm³/mol. The molecule has 0 spiro atoms. The van der Waals surface area contributed by atoms with E-state index in [1.54, 1.807) is 19.1 Å². The molecular weight excluding hydrogens is 276 g/mol. The Kier molecular flexibility index (Phi) is 5.16. The largest absolute Gasteiger partial charge is 0.466 e. The van der Waals surface area contributed by atoms with Crippen LogP contribution < -0.4 is 0 Å². The fourth-order valence-electron chi connectivity index (χ4n) is 1.46. The van der Waals surface area contributed by atoms with E-state index < -0.39 is 21.1 Å². The van der Waals surface area contributed by atoms with Crippen LogP contribution in [-0.2, 0) is 19.4 Å². The van der Waals surface area contributed by atoms with Gasteiger partial charge in [-0.15, -0.1) is 0 Å². The third kappa shape index (κ3) is 3.46. The summed E-state index contributed by atoms with van der Waals surface area (Å²) in [5.41, 5.74) is 0. The molecule has 0 saturated heterocycles. The minimum atomic E-state index is -3.62. The van der Waals surface area contributed by atoms with Crippen molar-refractivity contribution in [3.63, 3.8) is 0 Å². The van der Waals surface area contributed by atoms with Crippen LogP contribution in [0.3, 0.4) is 0 Å². The monoisotopic (exact) mass is 290 g/mol.